The van der Waals surface area contributed by atoms with Crippen LogP contribution in [0.15, 0.2) is 0 Å². The van der Waals surface area contributed by atoms with Gasteiger partial charge in [0.15, 0.2) is 0 Å². The maximum atomic E-state index is 3.58. The fourth-order valence-corrected chi connectivity index (χ4v) is 3.20. The normalized spacial score (nSPS) is 32.6. The number of rotatable bonds is 3. The molecular formula is C13H28N4. The van der Waals surface area contributed by atoms with Crippen LogP contribution >= 0.6 is 0 Å². The summed E-state index contributed by atoms with van der Waals surface area (Å²) in [5.41, 5.74) is 0. The van der Waals surface area contributed by atoms with Crippen molar-refractivity contribution in [2.24, 2.45) is 5.92 Å². The molecule has 2 heterocycles. The van der Waals surface area contributed by atoms with Crippen molar-refractivity contribution in [2.45, 2.75) is 18.9 Å². The van der Waals surface area contributed by atoms with E-state index in [4.69, 9.17) is 0 Å². The zero-order valence-corrected chi connectivity index (χ0v) is 11.4. The van der Waals surface area contributed by atoms with Crippen LogP contribution in [0.2, 0.25) is 0 Å². The van der Waals surface area contributed by atoms with Gasteiger partial charge in [0.25, 0.3) is 0 Å². The fraction of sp³-hybridized carbons (Fsp3) is 1.00. The molecule has 2 fully saturated rings. The van der Waals surface area contributed by atoms with E-state index in [2.05, 4.69) is 34.5 Å². The van der Waals surface area contributed by atoms with E-state index in [-0.39, 0.29) is 0 Å². The second-order valence-corrected chi connectivity index (χ2v) is 5.72. The molecule has 2 atom stereocenters. The standard InChI is InChI=1S/C13H28N4/c1-16(2)11-12-4-6-15-10-13(12)17-8-3-5-14-7-9-17/h12-15H,3-11H2,1-2H3. The van der Waals surface area contributed by atoms with E-state index in [0.717, 1.165) is 18.5 Å². The van der Waals surface area contributed by atoms with Gasteiger partial charge in [-0.05, 0) is 52.5 Å². The van der Waals surface area contributed by atoms with Crippen LogP contribution in [0.25, 0.3) is 0 Å². The lowest BCUT2D eigenvalue weighted by atomic mass is 9.90. The highest BCUT2D eigenvalue weighted by atomic mass is 15.2. The van der Waals surface area contributed by atoms with Crippen molar-refractivity contribution in [1.29, 1.82) is 0 Å². The first-order chi connectivity index (χ1) is 8.27. The third-order valence-corrected chi connectivity index (χ3v) is 4.03. The van der Waals surface area contributed by atoms with Crippen molar-refractivity contribution in [3.8, 4) is 0 Å². The summed E-state index contributed by atoms with van der Waals surface area (Å²) in [6, 6.07) is 0.742. The molecule has 2 aliphatic rings. The Labute approximate surface area is 106 Å². The van der Waals surface area contributed by atoms with Crippen molar-refractivity contribution in [1.82, 2.24) is 20.4 Å². The molecule has 0 radical (unpaired) electrons. The minimum absolute atomic E-state index is 0.742. The SMILES string of the molecule is CN(C)CC1CCNCC1N1CCCNCC1. The molecule has 0 aromatic rings. The minimum Gasteiger partial charge on any atom is -0.315 e. The van der Waals surface area contributed by atoms with Gasteiger partial charge in [0.1, 0.15) is 0 Å². The molecule has 2 N–H and O–H groups in total. The lowest BCUT2D eigenvalue weighted by Crippen LogP contribution is -2.54. The monoisotopic (exact) mass is 240 g/mol. The first-order valence-corrected chi connectivity index (χ1v) is 7.07. The fourth-order valence-electron chi connectivity index (χ4n) is 3.20. The molecular weight excluding hydrogens is 212 g/mol. The number of hydrogen-bond donors (Lipinski definition) is 2. The molecule has 100 valence electrons. The highest BCUT2D eigenvalue weighted by molar-refractivity contribution is 4.88. The van der Waals surface area contributed by atoms with Crippen molar-refractivity contribution in [2.75, 3.05) is 59.9 Å². The molecule has 0 amide bonds. The van der Waals surface area contributed by atoms with E-state index in [0.29, 0.717) is 0 Å². The Morgan fingerprint density at radius 2 is 2.00 bits per heavy atom. The van der Waals surface area contributed by atoms with E-state index < -0.39 is 0 Å². The summed E-state index contributed by atoms with van der Waals surface area (Å²) in [5.74, 6) is 0.837. The van der Waals surface area contributed by atoms with Gasteiger partial charge in [0.2, 0.25) is 0 Å². The maximum Gasteiger partial charge on any atom is 0.0262 e. The molecule has 2 unspecified atom stereocenters. The molecule has 0 aromatic carbocycles. The number of nitrogens with one attached hydrogen (secondary N) is 2. The average molecular weight is 240 g/mol. The number of piperidine rings is 1. The molecule has 4 nitrogen and oxygen atoms in total. The number of hydrogen-bond acceptors (Lipinski definition) is 4. The summed E-state index contributed by atoms with van der Waals surface area (Å²) < 4.78 is 0. The summed E-state index contributed by atoms with van der Waals surface area (Å²) in [4.78, 5) is 5.05. The average Bonchev–Trinajstić information content (AvgIpc) is 2.57. The van der Waals surface area contributed by atoms with Crippen LogP contribution in [0.3, 0.4) is 0 Å². The van der Waals surface area contributed by atoms with Crippen LogP contribution in [0.4, 0.5) is 0 Å². The zero-order chi connectivity index (χ0) is 12.1. The summed E-state index contributed by atoms with van der Waals surface area (Å²) >= 11 is 0. The predicted octanol–water partition coefficient (Wildman–Crippen LogP) is -0.179. The van der Waals surface area contributed by atoms with E-state index in [1.807, 2.05) is 0 Å². The topological polar surface area (TPSA) is 30.5 Å². The van der Waals surface area contributed by atoms with Gasteiger partial charge >= 0.3 is 0 Å². The molecule has 2 saturated heterocycles. The van der Waals surface area contributed by atoms with E-state index in [1.54, 1.807) is 0 Å². The summed E-state index contributed by atoms with van der Waals surface area (Å²) in [7, 11) is 4.39. The molecule has 17 heavy (non-hydrogen) atoms. The summed E-state index contributed by atoms with van der Waals surface area (Å²) in [5, 5.41) is 7.07. The van der Waals surface area contributed by atoms with Gasteiger partial charge in [-0.25, -0.2) is 0 Å². The third kappa shape index (κ3) is 3.91. The largest absolute Gasteiger partial charge is 0.315 e. The van der Waals surface area contributed by atoms with Crippen molar-refractivity contribution >= 4 is 0 Å². The molecule has 0 bridgehead atoms. The summed E-state index contributed by atoms with van der Waals surface area (Å²) in [6.45, 7) is 8.44. The minimum atomic E-state index is 0.742. The van der Waals surface area contributed by atoms with Gasteiger partial charge < -0.3 is 15.5 Å². The van der Waals surface area contributed by atoms with Gasteiger partial charge in [0.05, 0.1) is 0 Å². The Balaban J connectivity index is 1.93. The van der Waals surface area contributed by atoms with Crippen LogP contribution in [0.1, 0.15) is 12.8 Å². The highest BCUT2D eigenvalue weighted by Gasteiger charge is 2.30. The lowest BCUT2D eigenvalue weighted by molar-refractivity contribution is 0.103. The Hall–Kier alpha value is -0.160. The molecule has 0 aliphatic carbocycles. The molecule has 0 spiro atoms. The first-order valence-electron chi connectivity index (χ1n) is 7.07. The maximum absolute atomic E-state index is 3.58. The van der Waals surface area contributed by atoms with Crippen LogP contribution in [0, 0.1) is 5.92 Å². The molecule has 4 heteroatoms. The number of nitrogens with zero attached hydrogens (tertiary/aromatic N) is 2. The Bertz CT molecular complexity index is 209. The van der Waals surface area contributed by atoms with Crippen molar-refractivity contribution in [3.05, 3.63) is 0 Å². The third-order valence-electron chi connectivity index (χ3n) is 4.03. The quantitative estimate of drug-likeness (QED) is 0.716. The molecule has 0 aromatic heterocycles. The van der Waals surface area contributed by atoms with Gasteiger partial charge in [-0.3, -0.25) is 4.90 Å². The second-order valence-electron chi connectivity index (χ2n) is 5.72. The Morgan fingerprint density at radius 3 is 2.82 bits per heavy atom. The van der Waals surface area contributed by atoms with Crippen molar-refractivity contribution < 1.29 is 0 Å². The van der Waals surface area contributed by atoms with E-state index >= 15 is 0 Å². The molecule has 2 rings (SSSR count). The lowest BCUT2D eigenvalue weighted by Gasteiger charge is -2.41. The van der Waals surface area contributed by atoms with Crippen LogP contribution in [0.5, 0.6) is 0 Å². The van der Waals surface area contributed by atoms with Crippen molar-refractivity contribution in [3.63, 3.8) is 0 Å². The highest BCUT2D eigenvalue weighted by Crippen LogP contribution is 2.19. The zero-order valence-electron chi connectivity index (χ0n) is 11.4. The molecule has 0 saturated carbocycles. The van der Waals surface area contributed by atoms with E-state index in [9.17, 15) is 0 Å². The second kappa shape index (κ2) is 6.69. The van der Waals surface area contributed by atoms with Gasteiger partial charge in [-0.15, -0.1) is 0 Å². The Morgan fingerprint density at radius 1 is 1.12 bits per heavy atom. The van der Waals surface area contributed by atoms with Gasteiger partial charge in [0, 0.05) is 32.2 Å². The van der Waals surface area contributed by atoms with Gasteiger partial charge in [-0.2, -0.15) is 0 Å². The van der Waals surface area contributed by atoms with Crippen LogP contribution in [-0.4, -0.2) is 75.8 Å². The van der Waals surface area contributed by atoms with Gasteiger partial charge in [-0.1, -0.05) is 0 Å². The molecule has 2 aliphatic heterocycles. The van der Waals surface area contributed by atoms with Crippen LogP contribution in [-0.2, 0) is 0 Å². The smallest absolute Gasteiger partial charge is 0.0262 e. The summed E-state index contributed by atoms with van der Waals surface area (Å²) in [6.07, 6.45) is 2.62. The Kier molecular flexibility index (Phi) is 5.22. The van der Waals surface area contributed by atoms with Crippen LogP contribution < -0.4 is 10.6 Å². The predicted molar refractivity (Wildman–Crippen MR) is 72.4 cm³/mol. The van der Waals surface area contributed by atoms with E-state index in [1.165, 1.54) is 52.1 Å². The first kappa shape index (κ1) is 13.3.